The van der Waals surface area contributed by atoms with Gasteiger partial charge in [-0.15, -0.1) is 0 Å². The van der Waals surface area contributed by atoms with E-state index in [2.05, 4.69) is 12.1 Å². The Morgan fingerprint density at radius 3 is 1.62 bits per heavy atom. The van der Waals surface area contributed by atoms with Gasteiger partial charge in [0.25, 0.3) is 0 Å². The summed E-state index contributed by atoms with van der Waals surface area (Å²) in [7, 11) is 0. The number of benzene rings is 5. The van der Waals surface area contributed by atoms with Crippen LogP contribution < -0.4 is 0 Å². The first-order valence-electron chi connectivity index (χ1n) is 12.5. The predicted molar refractivity (Wildman–Crippen MR) is 157 cm³/mol. The Labute approximate surface area is 231 Å². The van der Waals surface area contributed by atoms with E-state index in [1.807, 2.05) is 121 Å². The van der Waals surface area contributed by atoms with Crippen LogP contribution in [0.4, 0.5) is 0 Å². The highest BCUT2D eigenvalue weighted by Crippen LogP contribution is 2.33. The molecule has 0 atom stereocenters. The van der Waals surface area contributed by atoms with E-state index in [1.54, 1.807) is 0 Å². The Bertz CT molecular complexity index is 1810. The molecule has 6 rings (SSSR count). The van der Waals surface area contributed by atoms with Crippen molar-refractivity contribution in [3.05, 3.63) is 138 Å². The highest BCUT2D eigenvalue weighted by atomic mass is 35.5. The van der Waals surface area contributed by atoms with Crippen LogP contribution in [0.15, 0.2) is 127 Å². The van der Waals surface area contributed by atoms with Crippen molar-refractivity contribution in [1.29, 1.82) is 5.26 Å². The lowest BCUT2D eigenvalue weighted by atomic mass is 10.0. The molecule has 0 saturated heterocycles. The summed E-state index contributed by atoms with van der Waals surface area (Å²) in [6.07, 6.45) is 0. The number of hydrogen-bond donors (Lipinski definition) is 0. The first-order valence-corrected chi connectivity index (χ1v) is 12.8. The Morgan fingerprint density at radius 1 is 0.462 bits per heavy atom. The van der Waals surface area contributed by atoms with E-state index in [4.69, 9.17) is 31.8 Å². The normalized spacial score (nSPS) is 10.7. The van der Waals surface area contributed by atoms with Gasteiger partial charge in [-0.05, 0) is 53.1 Å². The van der Waals surface area contributed by atoms with E-state index in [0.717, 1.165) is 38.9 Å². The second-order valence-electron chi connectivity index (χ2n) is 9.00. The van der Waals surface area contributed by atoms with Crippen LogP contribution in [0.25, 0.3) is 56.4 Å². The largest absolute Gasteiger partial charge is 0.208 e. The van der Waals surface area contributed by atoms with Crippen molar-refractivity contribution in [3.63, 3.8) is 0 Å². The average Bonchev–Trinajstić information content (AvgIpc) is 3.02. The van der Waals surface area contributed by atoms with Gasteiger partial charge >= 0.3 is 0 Å². The van der Waals surface area contributed by atoms with E-state index in [-0.39, 0.29) is 0 Å². The van der Waals surface area contributed by atoms with Crippen LogP contribution in [-0.2, 0) is 0 Å². The van der Waals surface area contributed by atoms with Crippen LogP contribution in [0.5, 0.6) is 0 Å². The first-order chi connectivity index (χ1) is 19.2. The minimum atomic E-state index is 0.566. The molecule has 0 radical (unpaired) electrons. The zero-order valence-electron chi connectivity index (χ0n) is 20.8. The number of aromatic nitrogens is 3. The summed E-state index contributed by atoms with van der Waals surface area (Å²) < 4.78 is 0. The molecular weight excluding hydrogens is 500 g/mol. The molecule has 6 aromatic rings. The van der Waals surface area contributed by atoms with E-state index in [9.17, 15) is 0 Å². The zero-order valence-corrected chi connectivity index (χ0v) is 21.5. The minimum absolute atomic E-state index is 0.566. The summed E-state index contributed by atoms with van der Waals surface area (Å²) in [4.78, 5) is 14.7. The number of nitriles is 1. The molecule has 0 saturated carbocycles. The quantitative estimate of drug-likeness (QED) is 0.228. The molecule has 0 unspecified atom stereocenters. The topological polar surface area (TPSA) is 62.5 Å². The molecule has 5 heteroatoms. The fraction of sp³-hybridized carbons (Fsp3) is 0. The third-order valence-corrected chi connectivity index (χ3v) is 6.77. The highest BCUT2D eigenvalue weighted by molar-refractivity contribution is 6.33. The second-order valence-corrected chi connectivity index (χ2v) is 9.41. The third kappa shape index (κ3) is 5.17. The Morgan fingerprint density at radius 2 is 0.974 bits per heavy atom. The molecule has 184 valence electrons. The monoisotopic (exact) mass is 520 g/mol. The van der Waals surface area contributed by atoms with Gasteiger partial charge in [0.2, 0.25) is 0 Å². The van der Waals surface area contributed by atoms with Gasteiger partial charge in [0.05, 0.1) is 11.6 Å². The Kier molecular flexibility index (Phi) is 6.66. The van der Waals surface area contributed by atoms with Gasteiger partial charge in [-0.2, -0.15) is 5.26 Å². The van der Waals surface area contributed by atoms with Crippen LogP contribution in [0.3, 0.4) is 0 Å². The summed E-state index contributed by atoms with van der Waals surface area (Å²) in [5.41, 5.74) is 7.22. The summed E-state index contributed by atoms with van der Waals surface area (Å²) in [5, 5.41) is 9.81. The van der Waals surface area contributed by atoms with Crippen molar-refractivity contribution in [2.75, 3.05) is 0 Å². The van der Waals surface area contributed by atoms with Crippen molar-refractivity contribution in [2.45, 2.75) is 0 Å². The van der Waals surface area contributed by atoms with Crippen LogP contribution >= 0.6 is 11.6 Å². The molecule has 0 aliphatic carbocycles. The highest BCUT2D eigenvalue weighted by Gasteiger charge is 2.14. The van der Waals surface area contributed by atoms with E-state index in [0.29, 0.717) is 28.1 Å². The molecule has 0 bridgehead atoms. The molecular formula is C34H21ClN4. The Hall–Kier alpha value is -5.11. The summed E-state index contributed by atoms with van der Waals surface area (Å²) in [5.74, 6) is 1.73. The zero-order chi connectivity index (χ0) is 26.6. The van der Waals surface area contributed by atoms with Gasteiger partial charge in [0, 0.05) is 27.3 Å². The van der Waals surface area contributed by atoms with Crippen LogP contribution in [0, 0.1) is 11.3 Å². The number of halogens is 1. The summed E-state index contributed by atoms with van der Waals surface area (Å²) in [6.45, 7) is 0. The van der Waals surface area contributed by atoms with Crippen molar-refractivity contribution in [3.8, 4) is 62.5 Å². The molecule has 0 aliphatic rings. The second kappa shape index (κ2) is 10.7. The van der Waals surface area contributed by atoms with Crippen molar-refractivity contribution in [2.24, 2.45) is 0 Å². The van der Waals surface area contributed by atoms with Gasteiger partial charge in [0.15, 0.2) is 17.5 Å². The van der Waals surface area contributed by atoms with Gasteiger partial charge < -0.3 is 0 Å². The van der Waals surface area contributed by atoms with Crippen molar-refractivity contribution >= 4 is 11.6 Å². The molecule has 0 fully saturated rings. The van der Waals surface area contributed by atoms with E-state index in [1.165, 1.54) is 0 Å². The predicted octanol–water partition coefficient (Wildman–Crippen LogP) is 8.73. The summed E-state index contributed by atoms with van der Waals surface area (Å²) in [6, 6.07) is 43.6. The lowest BCUT2D eigenvalue weighted by Crippen LogP contribution is -2.00. The fourth-order valence-electron chi connectivity index (χ4n) is 4.43. The molecule has 1 heterocycles. The number of rotatable bonds is 5. The maximum Gasteiger partial charge on any atom is 0.164 e. The van der Waals surface area contributed by atoms with Crippen LogP contribution in [0.1, 0.15) is 5.56 Å². The standard InChI is InChI=1S/C34H21ClN4/c35-31-19-18-29(21-30(31)25-8-3-1-4-9-25)34-38-32(26-10-5-2-6-11-26)37-33(39-34)28-13-7-12-27(20-28)24-16-14-23(22-36)15-17-24/h1-21H. The molecule has 0 N–H and O–H groups in total. The number of nitrogens with zero attached hydrogens (tertiary/aromatic N) is 4. The minimum Gasteiger partial charge on any atom is -0.208 e. The SMILES string of the molecule is N#Cc1ccc(-c2cccc(-c3nc(-c4ccccc4)nc(-c4ccc(Cl)c(-c5ccccc5)c4)n3)c2)cc1. The maximum absolute atomic E-state index is 9.15. The van der Waals surface area contributed by atoms with Crippen LogP contribution in [0.2, 0.25) is 5.02 Å². The molecule has 0 aliphatic heterocycles. The molecule has 5 aromatic carbocycles. The molecule has 39 heavy (non-hydrogen) atoms. The van der Waals surface area contributed by atoms with Crippen molar-refractivity contribution in [1.82, 2.24) is 15.0 Å². The van der Waals surface area contributed by atoms with Crippen LogP contribution in [-0.4, -0.2) is 15.0 Å². The molecule has 0 spiro atoms. The fourth-order valence-corrected chi connectivity index (χ4v) is 4.66. The molecule has 4 nitrogen and oxygen atoms in total. The lowest BCUT2D eigenvalue weighted by molar-refractivity contribution is 1.07. The Balaban J connectivity index is 1.49. The molecule has 1 aromatic heterocycles. The third-order valence-electron chi connectivity index (χ3n) is 6.44. The van der Waals surface area contributed by atoms with Gasteiger partial charge in [-0.3, -0.25) is 0 Å². The smallest absolute Gasteiger partial charge is 0.164 e. The first kappa shape index (κ1) is 24.2. The van der Waals surface area contributed by atoms with Crippen molar-refractivity contribution < 1.29 is 0 Å². The van der Waals surface area contributed by atoms with Gasteiger partial charge in [-0.1, -0.05) is 103 Å². The maximum atomic E-state index is 9.15. The molecule has 0 amide bonds. The van der Waals surface area contributed by atoms with Gasteiger partial charge in [-0.25, -0.2) is 15.0 Å². The van der Waals surface area contributed by atoms with E-state index < -0.39 is 0 Å². The van der Waals surface area contributed by atoms with E-state index >= 15 is 0 Å². The summed E-state index contributed by atoms with van der Waals surface area (Å²) >= 11 is 6.60. The lowest BCUT2D eigenvalue weighted by Gasteiger charge is -2.11. The van der Waals surface area contributed by atoms with Gasteiger partial charge in [0.1, 0.15) is 0 Å². The average molecular weight is 521 g/mol. The number of hydrogen-bond acceptors (Lipinski definition) is 4.